The minimum atomic E-state index is -0.203. The Balaban J connectivity index is 1.38. The van der Waals surface area contributed by atoms with Crippen LogP contribution >= 0.6 is 0 Å². The van der Waals surface area contributed by atoms with Crippen LogP contribution in [0.1, 0.15) is 36.8 Å². The van der Waals surface area contributed by atoms with E-state index >= 15 is 0 Å². The monoisotopic (exact) mass is 366 g/mol. The average molecular weight is 366 g/mol. The van der Waals surface area contributed by atoms with Crippen molar-refractivity contribution in [1.29, 1.82) is 5.53 Å². The maximum absolute atomic E-state index is 13.0. The summed E-state index contributed by atoms with van der Waals surface area (Å²) >= 11 is 0. The Kier molecular flexibility index (Phi) is 5.11. The van der Waals surface area contributed by atoms with Crippen LogP contribution in [0.4, 0.5) is 10.2 Å². The number of halogens is 1. The SMILES string of the molecule is N=N/C(=C1\NC=Nc2[nH]ccc21)[C@H]1CC[C@H](NCc2ccc(F)cc2)CC1. The predicted molar refractivity (Wildman–Crippen MR) is 103 cm³/mol. The molecule has 0 radical (unpaired) electrons. The van der Waals surface area contributed by atoms with Gasteiger partial charge in [-0.15, -0.1) is 0 Å². The van der Waals surface area contributed by atoms with Gasteiger partial charge in [0.25, 0.3) is 0 Å². The highest BCUT2D eigenvalue weighted by molar-refractivity contribution is 5.87. The third-order valence-corrected chi connectivity index (χ3v) is 5.40. The Morgan fingerprint density at radius 1 is 1.19 bits per heavy atom. The Labute approximate surface area is 157 Å². The van der Waals surface area contributed by atoms with Gasteiger partial charge in [-0.2, -0.15) is 5.11 Å². The summed E-state index contributed by atoms with van der Waals surface area (Å²) in [4.78, 5) is 7.38. The van der Waals surface area contributed by atoms with Crippen molar-refractivity contribution in [3.63, 3.8) is 0 Å². The van der Waals surface area contributed by atoms with Crippen molar-refractivity contribution in [2.75, 3.05) is 0 Å². The standard InChI is InChI=1S/C20H23FN6/c21-15-5-1-13(2-6-15)11-24-16-7-3-14(4-8-16)18(27-22)19-17-9-10-23-20(17)26-12-25-19/h1-2,5-6,9-10,12,14,16,22-24H,3-4,7-8,11H2,(H,25,26)/b19-18-,27-22?/t14-,16-. The number of allylic oxidation sites excluding steroid dienone is 1. The van der Waals surface area contributed by atoms with Crippen LogP contribution in [0, 0.1) is 17.3 Å². The Hall–Kier alpha value is -2.80. The third-order valence-electron chi connectivity index (χ3n) is 5.40. The van der Waals surface area contributed by atoms with E-state index in [0.29, 0.717) is 6.04 Å². The molecule has 0 amide bonds. The van der Waals surface area contributed by atoms with Gasteiger partial charge >= 0.3 is 0 Å². The molecule has 1 aliphatic heterocycles. The van der Waals surface area contributed by atoms with Crippen molar-refractivity contribution >= 4 is 17.9 Å². The van der Waals surface area contributed by atoms with Crippen molar-refractivity contribution in [3.05, 3.63) is 59.2 Å². The summed E-state index contributed by atoms with van der Waals surface area (Å²) in [5, 5.41) is 10.6. The molecule has 0 saturated heterocycles. The van der Waals surface area contributed by atoms with Gasteiger partial charge in [-0.05, 0) is 49.4 Å². The highest BCUT2D eigenvalue weighted by atomic mass is 19.1. The van der Waals surface area contributed by atoms with Gasteiger partial charge in [-0.3, -0.25) is 0 Å². The van der Waals surface area contributed by atoms with Gasteiger partial charge in [0.15, 0.2) is 0 Å². The normalized spacial score (nSPS) is 23.4. The lowest BCUT2D eigenvalue weighted by Gasteiger charge is -2.30. The van der Waals surface area contributed by atoms with E-state index in [1.54, 1.807) is 6.34 Å². The molecule has 0 atom stereocenters. The van der Waals surface area contributed by atoms with E-state index in [9.17, 15) is 4.39 Å². The summed E-state index contributed by atoms with van der Waals surface area (Å²) in [6.45, 7) is 0.747. The van der Waals surface area contributed by atoms with Crippen LogP contribution in [0.15, 0.2) is 52.3 Å². The first kappa shape index (κ1) is 17.6. The lowest BCUT2D eigenvalue weighted by Crippen LogP contribution is -2.33. The molecular formula is C20H23FN6. The zero-order valence-electron chi connectivity index (χ0n) is 15.0. The van der Waals surface area contributed by atoms with Gasteiger partial charge in [0, 0.05) is 30.3 Å². The van der Waals surface area contributed by atoms with Crippen LogP contribution in [-0.2, 0) is 6.54 Å². The van der Waals surface area contributed by atoms with Crippen molar-refractivity contribution in [2.24, 2.45) is 16.0 Å². The zero-order valence-corrected chi connectivity index (χ0v) is 15.0. The first-order valence-electron chi connectivity index (χ1n) is 9.31. The number of aromatic nitrogens is 1. The molecule has 4 rings (SSSR count). The van der Waals surface area contributed by atoms with Gasteiger partial charge in [-0.1, -0.05) is 12.1 Å². The van der Waals surface area contributed by atoms with Crippen LogP contribution in [0.5, 0.6) is 0 Å². The van der Waals surface area contributed by atoms with E-state index in [1.165, 1.54) is 12.1 Å². The molecule has 4 N–H and O–H groups in total. The second-order valence-electron chi connectivity index (χ2n) is 7.07. The minimum Gasteiger partial charge on any atom is -0.346 e. The second kappa shape index (κ2) is 7.84. The average Bonchev–Trinajstić information content (AvgIpc) is 3.19. The topological polar surface area (TPSA) is 88.4 Å². The summed E-state index contributed by atoms with van der Waals surface area (Å²) in [6, 6.07) is 9.04. The van der Waals surface area contributed by atoms with Crippen LogP contribution < -0.4 is 10.6 Å². The molecule has 0 bridgehead atoms. The fourth-order valence-corrected chi connectivity index (χ4v) is 3.91. The molecule has 6 nitrogen and oxygen atoms in total. The molecule has 1 fully saturated rings. The maximum Gasteiger partial charge on any atom is 0.141 e. The van der Waals surface area contributed by atoms with Crippen molar-refractivity contribution in [3.8, 4) is 0 Å². The molecular weight excluding hydrogens is 343 g/mol. The Morgan fingerprint density at radius 2 is 1.96 bits per heavy atom. The number of rotatable bonds is 5. The third kappa shape index (κ3) is 3.83. The number of hydrogen-bond acceptors (Lipinski definition) is 5. The van der Waals surface area contributed by atoms with E-state index in [-0.39, 0.29) is 11.7 Å². The number of aromatic amines is 1. The lowest BCUT2D eigenvalue weighted by atomic mass is 9.83. The number of nitrogens with zero attached hydrogens (tertiary/aromatic N) is 2. The van der Waals surface area contributed by atoms with E-state index in [4.69, 9.17) is 5.53 Å². The summed E-state index contributed by atoms with van der Waals surface area (Å²) in [5.41, 5.74) is 11.5. The highest BCUT2D eigenvalue weighted by Crippen LogP contribution is 2.37. The van der Waals surface area contributed by atoms with Crippen molar-refractivity contribution < 1.29 is 4.39 Å². The van der Waals surface area contributed by atoms with Gasteiger partial charge in [0.1, 0.15) is 11.6 Å². The van der Waals surface area contributed by atoms with Crippen LogP contribution in [0.2, 0.25) is 0 Å². The Morgan fingerprint density at radius 3 is 2.70 bits per heavy atom. The van der Waals surface area contributed by atoms with Gasteiger partial charge in [0.05, 0.1) is 17.7 Å². The number of aliphatic imine (C=N–C) groups is 1. The molecule has 140 valence electrons. The quantitative estimate of drug-likeness (QED) is 0.589. The summed E-state index contributed by atoms with van der Waals surface area (Å²) in [7, 11) is 0. The molecule has 1 aromatic heterocycles. The zero-order chi connectivity index (χ0) is 18.6. The molecule has 2 aromatic rings. The number of benzene rings is 1. The van der Waals surface area contributed by atoms with E-state index < -0.39 is 0 Å². The van der Waals surface area contributed by atoms with E-state index in [1.807, 2.05) is 24.4 Å². The number of fused-ring (bicyclic) bond motifs is 1. The molecule has 1 saturated carbocycles. The highest BCUT2D eigenvalue weighted by Gasteiger charge is 2.27. The van der Waals surface area contributed by atoms with Gasteiger partial charge in [0.2, 0.25) is 0 Å². The molecule has 27 heavy (non-hydrogen) atoms. The first-order chi connectivity index (χ1) is 13.2. The fraction of sp³-hybridized carbons (Fsp3) is 0.350. The minimum absolute atomic E-state index is 0.203. The molecule has 0 unspecified atom stereocenters. The smallest absolute Gasteiger partial charge is 0.141 e. The van der Waals surface area contributed by atoms with Crippen LogP contribution in [-0.4, -0.2) is 17.4 Å². The van der Waals surface area contributed by atoms with Crippen LogP contribution in [0.3, 0.4) is 0 Å². The lowest BCUT2D eigenvalue weighted by molar-refractivity contribution is 0.315. The summed E-state index contributed by atoms with van der Waals surface area (Å²) < 4.78 is 13.0. The largest absolute Gasteiger partial charge is 0.346 e. The van der Waals surface area contributed by atoms with Crippen LogP contribution in [0.25, 0.3) is 5.70 Å². The van der Waals surface area contributed by atoms with E-state index in [2.05, 4.69) is 25.7 Å². The molecule has 0 spiro atoms. The number of hydrogen-bond donors (Lipinski definition) is 4. The predicted octanol–water partition coefficient (Wildman–Crippen LogP) is 4.46. The van der Waals surface area contributed by atoms with Gasteiger partial charge < -0.3 is 15.6 Å². The van der Waals surface area contributed by atoms with Gasteiger partial charge in [-0.25, -0.2) is 14.9 Å². The summed E-state index contributed by atoms with van der Waals surface area (Å²) in [6.07, 6.45) is 7.54. The fourth-order valence-electron chi connectivity index (χ4n) is 3.91. The second-order valence-corrected chi connectivity index (χ2v) is 7.07. The number of nitrogens with one attached hydrogen (secondary N) is 4. The summed E-state index contributed by atoms with van der Waals surface area (Å²) in [5.74, 6) is 0.869. The molecule has 2 heterocycles. The van der Waals surface area contributed by atoms with Crippen molar-refractivity contribution in [2.45, 2.75) is 38.3 Å². The van der Waals surface area contributed by atoms with Crippen molar-refractivity contribution in [1.82, 2.24) is 15.6 Å². The first-order valence-corrected chi connectivity index (χ1v) is 9.31. The Bertz CT molecular complexity index is 859. The maximum atomic E-state index is 13.0. The molecule has 1 aliphatic carbocycles. The molecule has 7 heteroatoms. The molecule has 2 aliphatic rings. The van der Waals surface area contributed by atoms with E-state index in [0.717, 1.165) is 60.6 Å². The molecule has 1 aromatic carbocycles. The number of H-pyrrole nitrogens is 1.